The van der Waals surface area contributed by atoms with Crippen LogP contribution in [0.3, 0.4) is 0 Å². The number of hydrogen-bond acceptors (Lipinski definition) is 4. The van der Waals surface area contributed by atoms with Crippen LogP contribution in [0.2, 0.25) is 0 Å². The summed E-state index contributed by atoms with van der Waals surface area (Å²) in [5, 5.41) is 9.60. The fourth-order valence-corrected chi connectivity index (χ4v) is 1.16. The van der Waals surface area contributed by atoms with E-state index in [0.717, 1.165) is 0 Å². The van der Waals surface area contributed by atoms with Gasteiger partial charge in [0, 0.05) is 5.69 Å². The third kappa shape index (κ3) is 5.20. The maximum Gasteiger partial charge on any atom is 0.411 e. The van der Waals surface area contributed by atoms with Gasteiger partial charge in [-0.2, -0.15) is 0 Å². The van der Waals surface area contributed by atoms with Crippen molar-refractivity contribution in [3.8, 4) is 5.75 Å². The molecule has 1 aromatic rings. The first-order valence-electron chi connectivity index (χ1n) is 5.51. The second-order valence-corrected chi connectivity index (χ2v) is 3.92. The molecular weight excluding hydrogens is 234 g/mol. The predicted molar refractivity (Wildman–Crippen MR) is 69.1 cm³/mol. The molecular formula is C12H17N3O3. The van der Waals surface area contributed by atoms with Gasteiger partial charge in [-0.1, -0.05) is 0 Å². The van der Waals surface area contributed by atoms with Crippen molar-refractivity contribution in [1.29, 1.82) is 5.41 Å². The summed E-state index contributed by atoms with van der Waals surface area (Å²) in [6.07, 6.45) is -0.662. The number of amidine groups is 1. The maximum absolute atomic E-state index is 11.3. The zero-order valence-electron chi connectivity index (χ0n) is 10.4. The second kappa shape index (κ2) is 6.48. The first-order chi connectivity index (χ1) is 8.47. The fraction of sp³-hybridized carbons (Fsp3) is 0.333. The molecule has 0 saturated heterocycles. The lowest BCUT2D eigenvalue weighted by molar-refractivity contribution is 0.130. The molecule has 0 fully saturated rings. The summed E-state index contributed by atoms with van der Waals surface area (Å²) in [6.45, 7) is 3.60. The van der Waals surface area contributed by atoms with Crippen LogP contribution in [-0.4, -0.2) is 24.6 Å². The smallest absolute Gasteiger partial charge is 0.411 e. The van der Waals surface area contributed by atoms with E-state index in [9.17, 15) is 4.79 Å². The number of nitrogens with two attached hydrogens (primary N) is 1. The Morgan fingerprint density at radius 2 is 2.00 bits per heavy atom. The molecule has 1 amide bonds. The summed E-state index contributed by atoms with van der Waals surface area (Å²) in [5.41, 5.74) is 5.77. The van der Waals surface area contributed by atoms with Crippen LogP contribution in [0.5, 0.6) is 5.75 Å². The molecule has 0 aliphatic heterocycles. The largest absolute Gasteiger partial charge is 0.486 e. The minimum Gasteiger partial charge on any atom is -0.486 e. The van der Waals surface area contributed by atoms with E-state index < -0.39 is 6.09 Å². The van der Waals surface area contributed by atoms with Crippen molar-refractivity contribution in [3.05, 3.63) is 24.3 Å². The molecule has 0 spiro atoms. The topological polar surface area (TPSA) is 97.4 Å². The van der Waals surface area contributed by atoms with Gasteiger partial charge in [-0.05, 0) is 38.1 Å². The highest BCUT2D eigenvalue weighted by Crippen LogP contribution is 2.15. The van der Waals surface area contributed by atoms with Gasteiger partial charge < -0.3 is 15.2 Å². The average Bonchev–Trinajstić information content (AvgIpc) is 2.26. The van der Waals surface area contributed by atoms with E-state index in [4.69, 9.17) is 20.6 Å². The van der Waals surface area contributed by atoms with Crippen molar-refractivity contribution in [2.75, 3.05) is 11.9 Å². The number of ether oxygens (including phenoxy) is 2. The maximum atomic E-state index is 11.3. The quantitative estimate of drug-likeness (QED) is 0.550. The Hall–Kier alpha value is -2.24. The number of amides is 1. The SMILES string of the molecule is CC(C)OC(=O)Nc1ccc(OCC(=N)N)cc1. The van der Waals surface area contributed by atoms with Crippen LogP contribution in [0.4, 0.5) is 10.5 Å². The number of benzene rings is 1. The molecule has 0 atom stereocenters. The number of nitrogens with one attached hydrogen (secondary N) is 2. The summed E-state index contributed by atoms with van der Waals surface area (Å²) in [7, 11) is 0. The molecule has 0 unspecified atom stereocenters. The summed E-state index contributed by atoms with van der Waals surface area (Å²) in [4.78, 5) is 11.3. The minimum absolute atomic E-state index is 0.0438. The number of rotatable bonds is 5. The summed E-state index contributed by atoms with van der Waals surface area (Å²) < 4.78 is 10.1. The highest BCUT2D eigenvalue weighted by Gasteiger charge is 2.05. The van der Waals surface area contributed by atoms with Gasteiger partial charge in [-0.15, -0.1) is 0 Å². The molecule has 6 heteroatoms. The van der Waals surface area contributed by atoms with E-state index in [2.05, 4.69) is 5.32 Å². The first-order valence-corrected chi connectivity index (χ1v) is 5.51. The van der Waals surface area contributed by atoms with Crippen molar-refractivity contribution in [3.63, 3.8) is 0 Å². The summed E-state index contributed by atoms with van der Waals surface area (Å²) in [6, 6.07) is 6.70. The third-order valence-corrected chi connectivity index (χ3v) is 1.84. The molecule has 0 heterocycles. The Morgan fingerprint density at radius 3 is 2.50 bits per heavy atom. The molecule has 1 rings (SSSR count). The highest BCUT2D eigenvalue weighted by atomic mass is 16.6. The van der Waals surface area contributed by atoms with E-state index in [1.54, 1.807) is 38.1 Å². The van der Waals surface area contributed by atoms with E-state index in [0.29, 0.717) is 11.4 Å². The number of anilines is 1. The summed E-state index contributed by atoms with van der Waals surface area (Å²) in [5.74, 6) is 0.533. The standard InChI is InChI=1S/C12H17N3O3/c1-8(2)18-12(16)15-9-3-5-10(6-4-9)17-7-11(13)14/h3-6,8H,7H2,1-2H3,(H3,13,14)(H,15,16). The molecule has 0 saturated carbocycles. The predicted octanol–water partition coefficient (Wildman–Crippen LogP) is 1.96. The van der Waals surface area contributed by atoms with E-state index in [1.165, 1.54) is 0 Å². The van der Waals surface area contributed by atoms with Crippen LogP contribution >= 0.6 is 0 Å². The average molecular weight is 251 g/mol. The lowest BCUT2D eigenvalue weighted by Gasteiger charge is -2.10. The first kappa shape index (κ1) is 13.8. The van der Waals surface area contributed by atoms with Crippen molar-refractivity contribution < 1.29 is 14.3 Å². The highest BCUT2D eigenvalue weighted by molar-refractivity contribution is 5.84. The second-order valence-electron chi connectivity index (χ2n) is 3.92. The lowest BCUT2D eigenvalue weighted by Crippen LogP contribution is -2.19. The van der Waals surface area contributed by atoms with Crippen LogP contribution in [0.15, 0.2) is 24.3 Å². The molecule has 0 radical (unpaired) electrons. The van der Waals surface area contributed by atoms with E-state index >= 15 is 0 Å². The monoisotopic (exact) mass is 251 g/mol. The molecule has 1 aromatic carbocycles. The Morgan fingerprint density at radius 1 is 1.39 bits per heavy atom. The zero-order chi connectivity index (χ0) is 13.5. The van der Waals surface area contributed by atoms with Gasteiger partial charge >= 0.3 is 6.09 Å². The molecule has 98 valence electrons. The van der Waals surface area contributed by atoms with Crippen LogP contribution in [0.25, 0.3) is 0 Å². The molecule has 4 N–H and O–H groups in total. The Labute approximate surface area is 106 Å². The van der Waals surface area contributed by atoms with Gasteiger partial charge in [0.1, 0.15) is 18.2 Å². The number of carbonyl (C=O) groups is 1. The molecule has 0 aliphatic carbocycles. The fourth-order valence-electron chi connectivity index (χ4n) is 1.16. The van der Waals surface area contributed by atoms with Crippen molar-refractivity contribution >= 4 is 17.6 Å². The van der Waals surface area contributed by atoms with Gasteiger partial charge in [-0.3, -0.25) is 10.7 Å². The number of carbonyl (C=O) groups excluding carboxylic acids is 1. The van der Waals surface area contributed by atoms with Gasteiger partial charge in [0.25, 0.3) is 0 Å². The summed E-state index contributed by atoms with van der Waals surface area (Å²) >= 11 is 0. The Balaban J connectivity index is 2.49. The molecule has 6 nitrogen and oxygen atoms in total. The Kier molecular flexibility index (Phi) is 4.98. The van der Waals surface area contributed by atoms with Crippen LogP contribution in [0.1, 0.15) is 13.8 Å². The molecule has 0 aliphatic rings. The third-order valence-electron chi connectivity index (χ3n) is 1.84. The van der Waals surface area contributed by atoms with Gasteiger partial charge in [-0.25, -0.2) is 4.79 Å². The lowest BCUT2D eigenvalue weighted by atomic mass is 10.3. The van der Waals surface area contributed by atoms with Gasteiger partial charge in [0.05, 0.1) is 6.10 Å². The van der Waals surface area contributed by atoms with E-state index in [-0.39, 0.29) is 18.5 Å². The van der Waals surface area contributed by atoms with Gasteiger partial charge in [0.15, 0.2) is 0 Å². The van der Waals surface area contributed by atoms with Crippen LogP contribution in [-0.2, 0) is 4.74 Å². The van der Waals surface area contributed by atoms with Crippen LogP contribution in [0, 0.1) is 5.41 Å². The van der Waals surface area contributed by atoms with Gasteiger partial charge in [0.2, 0.25) is 0 Å². The Bertz CT molecular complexity index is 415. The molecule has 0 bridgehead atoms. The number of hydrogen-bond donors (Lipinski definition) is 3. The molecule has 0 aromatic heterocycles. The van der Waals surface area contributed by atoms with Crippen molar-refractivity contribution in [2.45, 2.75) is 20.0 Å². The van der Waals surface area contributed by atoms with Crippen LogP contribution < -0.4 is 15.8 Å². The van der Waals surface area contributed by atoms with Crippen molar-refractivity contribution in [1.82, 2.24) is 0 Å². The zero-order valence-corrected chi connectivity index (χ0v) is 10.4. The van der Waals surface area contributed by atoms with Crippen molar-refractivity contribution in [2.24, 2.45) is 5.73 Å². The molecule has 18 heavy (non-hydrogen) atoms. The minimum atomic E-state index is -0.498. The normalized spacial score (nSPS) is 9.94. The van der Waals surface area contributed by atoms with E-state index in [1.807, 2.05) is 0 Å².